The maximum Gasteiger partial charge on any atom is 0.0302 e. The second kappa shape index (κ2) is 5.36. The van der Waals surface area contributed by atoms with Crippen molar-refractivity contribution in [3.05, 3.63) is 34.0 Å². The Morgan fingerprint density at radius 2 is 2.58 bits per heavy atom. The molecule has 0 aliphatic carbocycles. The molecule has 66 valence electrons. The van der Waals surface area contributed by atoms with E-state index >= 15 is 0 Å². The van der Waals surface area contributed by atoms with E-state index in [0.29, 0.717) is 6.04 Å². The average molecular weight is 202 g/mol. The monoisotopic (exact) mass is 201 g/mol. The van der Waals surface area contributed by atoms with Crippen molar-refractivity contribution in [1.82, 2.24) is 5.32 Å². The number of rotatable bonds is 4. The minimum atomic E-state index is 0.407. The lowest BCUT2D eigenvalue weighted by molar-refractivity contribution is 0.619. The number of halogens is 1. The first kappa shape index (κ1) is 9.78. The van der Waals surface area contributed by atoms with Crippen LogP contribution in [0, 0.1) is 0 Å². The van der Waals surface area contributed by atoms with E-state index < -0.39 is 0 Å². The minimum absolute atomic E-state index is 0.407. The number of nitrogens with one attached hydrogen (secondary N) is 1. The van der Waals surface area contributed by atoms with Gasteiger partial charge in [-0.2, -0.15) is 11.3 Å². The zero-order valence-electron chi connectivity index (χ0n) is 6.96. The Morgan fingerprint density at radius 3 is 3.17 bits per heavy atom. The second-order valence-corrected chi connectivity index (χ2v) is 3.58. The lowest BCUT2D eigenvalue weighted by Gasteiger charge is -2.09. The third-order valence-electron chi connectivity index (χ3n) is 1.67. The number of hydrogen-bond acceptors (Lipinski definition) is 2. The van der Waals surface area contributed by atoms with E-state index in [1.165, 1.54) is 11.1 Å². The first-order chi connectivity index (χ1) is 5.84. The molecule has 0 spiro atoms. The molecule has 12 heavy (non-hydrogen) atoms. The van der Waals surface area contributed by atoms with Crippen LogP contribution in [0.15, 0.2) is 28.4 Å². The van der Waals surface area contributed by atoms with Crippen LogP contribution < -0.4 is 5.32 Å². The first-order valence-corrected chi connectivity index (χ1v) is 5.23. The molecule has 0 aromatic carbocycles. The minimum Gasteiger partial charge on any atom is -0.307 e. The molecule has 0 saturated heterocycles. The molecule has 1 aromatic heterocycles. The predicted octanol–water partition coefficient (Wildman–Crippen LogP) is 3.15. The van der Waals surface area contributed by atoms with E-state index in [4.69, 9.17) is 11.6 Å². The zero-order chi connectivity index (χ0) is 8.81. The van der Waals surface area contributed by atoms with Crippen molar-refractivity contribution in [2.24, 2.45) is 0 Å². The molecule has 1 atom stereocenters. The maximum absolute atomic E-state index is 5.39. The van der Waals surface area contributed by atoms with Crippen molar-refractivity contribution in [1.29, 1.82) is 0 Å². The van der Waals surface area contributed by atoms with Gasteiger partial charge in [-0.25, -0.2) is 0 Å². The maximum atomic E-state index is 5.39. The summed E-state index contributed by atoms with van der Waals surface area (Å²) in [6.45, 7) is 2.96. The molecule has 3 heteroatoms. The van der Waals surface area contributed by atoms with Crippen molar-refractivity contribution >= 4 is 22.9 Å². The normalized spacial score (nSPS) is 13.8. The second-order valence-electron chi connectivity index (χ2n) is 2.55. The molecule has 1 nitrogen and oxygen atoms in total. The largest absolute Gasteiger partial charge is 0.307 e. The van der Waals surface area contributed by atoms with Gasteiger partial charge in [0.25, 0.3) is 0 Å². The first-order valence-electron chi connectivity index (χ1n) is 3.85. The van der Waals surface area contributed by atoms with Crippen LogP contribution in [0.2, 0.25) is 0 Å². The summed E-state index contributed by atoms with van der Waals surface area (Å²) >= 11 is 7.11. The topological polar surface area (TPSA) is 12.0 Å². The van der Waals surface area contributed by atoms with Crippen molar-refractivity contribution in [2.45, 2.75) is 13.0 Å². The van der Waals surface area contributed by atoms with Crippen LogP contribution in [0.3, 0.4) is 0 Å². The van der Waals surface area contributed by atoms with Gasteiger partial charge < -0.3 is 5.32 Å². The number of hydrogen-bond donors (Lipinski definition) is 1. The summed E-state index contributed by atoms with van der Waals surface area (Å²) in [5.74, 6) is 0. The summed E-state index contributed by atoms with van der Waals surface area (Å²) in [5, 5.41) is 7.56. The molecule has 0 aliphatic heterocycles. The highest BCUT2D eigenvalue weighted by molar-refractivity contribution is 7.07. The van der Waals surface area contributed by atoms with Gasteiger partial charge in [0.05, 0.1) is 0 Å². The Hall–Kier alpha value is -0.310. The van der Waals surface area contributed by atoms with Gasteiger partial charge in [-0.15, -0.1) is 0 Å². The van der Waals surface area contributed by atoms with Gasteiger partial charge in [0.15, 0.2) is 0 Å². The van der Waals surface area contributed by atoms with E-state index in [1.54, 1.807) is 11.3 Å². The summed E-state index contributed by atoms with van der Waals surface area (Å²) in [4.78, 5) is 0. The van der Waals surface area contributed by atoms with Crippen LogP contribution in [0.1, 0.15) is 18.5 Å². The fourth-order valence-corrected chi connectivity index (χ4v) is 1.77. The van der Waals surface area contributed by atoms with Crippen LogP contribution in [-0.4, -0.2) is 6.54 Å². The third kappa shape index (κ3) is 2.97. The van der Waals surface area contributed by atoms with Crippen LogP contribution in [0.5, 0.6) is 0 Å². The van der Waals surface area contributed by atoms with E-state index in [0.717, 1.165) is 6.54 Å². The van der Waals surface area contributed by atoms with E-state index in [2.05, 4.69) is 29.1 Å². The summed E-state index contributed by atoms with van der Waals surface area (Å²) < 4.78 is 0. The fourth-order valence-electron chi connectivity index (χ4n) is 0.929. The molecule has 1 heterocycles. The molecular formula is C9H12ClNS. The molecule has 0 fully saturated rings. The zero-order valence-corrected chi connectivity index (χ0v) is 8.53. The standard InChI is InChI=1S/C9H12ClNS/c1-8(11-5-2-4-10)9-3-6-12-7-9/h2-4,6-8,11H,5H2,1H3/b4-2+. The lowest BCUT2D eigenvalue weighted by Crippen LogP contribution is -2.17. The van der Waals surface area contributed by atoms with Gasteiger partial charge >= 0.3 is 0 Å². The van der Waals surface area contributed by atoms with Crippen LogP contribution >= 0.6 is 22.9 Å². The molecule has 1 N–H and O–H groups in total. The van der Waals surface area contributed by atoms with Gasteiger partial charge in [-0.3, -0.25) is 0 Å². The smallest absolute Gasteiger partial charge is 0.0302 e. The lowest BCUT2D eigenvalue weighted by atomic mass is 10.2. The highest BCUT2D eigenvalue weighted by atomic mass is 35.5. The van der Waals surface area contributed by atoms with Gasteiger partial charge in [-0.1, -0.05) is 17.7 Å². The van der Waals surface area contributed by atoms with Gasteiger partial charge in [0, 0.05) is 18.1 Å². The Balaban J connectivity index is 2.34. The summed E-state index contributed by atoms with van der Waals surface area (Å²) in [5.41, 5.74) is 2.87. The summed E-state index contributed by atoms with van der Waals surface area (Å²) in [6, 6.07) is 2.54. The van der Waals surface area contributed by atoms with E-state index in [-0.39, 0.29) is 0 Å². The molecule has 0 amide bonds. The van der Waals surface area contributed by atoms with Crippen molar-refractivity contribution in [3.63, 3.8) is 0 Å². The van der Waals surface area contributed by atoms with Crippen LogP contribution in [0.25, 0.3) is 0 Å². The predicted molar refractivity (Wildman–Crippen MR) is 55.7 cm³/mol. The Kier molecular flexibility index (Phi) is 4.36. The molecule has 1 unspecified atom stereocenters. The van der Waals surface area contributed by atoms with Crippen LogP contribution in [0.4, 0.5) is 0 Å². The quantitative estimate of drug-likeness (QED) is 0.789. The van der Waals surface area contributed by atoms with Crippen LogP contribution in [-0.2, 0) is 0 Å². The Bertz CT molecular complexity index is 231. The molecular weight excluding hydrogens is 190 g/mol. The van der Waals surface area contributed by atoms with E-state index in [9.17, 15) is 0 Å². The number of thiophene rings is 1. The molecule has 0 aliphatic rings. The highest BCUT2D eigenvalue weighted by Crippen LogP contribution is 2.14. The van der Waals surface area contributed by atoms with Gasteiger partial charge in [-0.05, 0) is 29.3 Å². The molecule has 0 saturated carbocycles. The molecule has 0 bridgehead atoms. The highest BCUT2D eigenvalue weighted by Gasteiger charge is 2.01. The summed E-state index contributed by atoms with van der Waals surface area (Å²) in [6.07, 6.45) is 1.89. The molecule has 0 radical (unpaired) electrons. The van der Waals surface area contributed by atoms with E-state index in [1.807, 2.05) is 6.08 Å². The van der Waals surface area contributed by atoms with Crippen molar-refractivity contribution in [3.8, 4) is 0 Å². The Labute approximate surface area is 82.1 Å². The summed E-state index contributed by atoms with van der Waals surface area (Å²) in [7, 11) is 0. The van der Waals surface area contributed by atoms with Crippen molar-refractivity contribution in [2.75, 3.05) is 6.54 Å². The van der Waals surface area contributed by atoms with Gasteiger partial charge in [0.1, 0.15) is 0 Å². The third-order valence-corrected chi connectivity index (χ3v) is 2.55. The Morgan fingerprint density at radius 1 is 1.75 bits per heavy atom. The van der Waals surface area contributed by atoms with Gasteiger partial charge in [0.2, 0.25) is 0 Å². The fraction of sp³-hybridized carbons (Fsp3) is 0.333. The SMILES string of the molecule is CC(NC/C=C/Cl)c1ccsc1. The van der Waals surface area contributed by atoms with Crippen molar-refractivity contribution < 1.29 is 0 Å². The average Bonchev–Trinajstić information content (AvgIpc) is 2.56. The molecule has 1 aromatic rings. The molecule has 1 rings (SSSR count).